The number of fused-ring (bicyclic) bond motifs is 1. The van der Waals surface area contributed by atoms with Gasteiger partial charge >= 0.3 is 11.5 Å². The molecule has 2 aromatic rings. The van der Waals surface area contributed by atoms with Gasteiger partial charge in [0, 0.05) is 0 Å². The molecule has 1 aliphatic heterocycles. The van der Waals surface area contributed by atoms with Crippen molar-refractivity contribution in [2.75, 3.05) is 0 Å². The summed E-state index contributed by atoms with van der Waals surface area (Å²) in [5.41, 5.74) is 3.52. The Morgan fingerprint density at radius 1 is 0.824 bits per heavy atom. The molecule has 0 atom stereocenters. The predicted molar refractivity (Wildman–Crippen MR) is 70.8 cm³/mol. The zero-order valence-electron chi connectivity index (χ0n) is 9.68. The van der Waals surface area contributed by atoms with Gasteiger partial charge in [-0.05, 0) is 17.7 Å². The van der Waals surface area contributed by atoms with Crippen LogP contribution < -0.4 is 0 Å². The summed E-state index contributed by atoms with van der Waals surface area (Å²) in [6.07, 6.45) is 2.08. The van der Waals surface area contributed by atoms with Gasteiger partial charge in [0.25, 0.3) is 0 Å². The predicted octanol–water partition coefficient (Wildman–Crippen LogP) is 3.94. The van der Waals surface area contributed by atoms with E-state index in [4.69, 9.17) is 4.42 Å². The third-order valence-electron chi connectivity index (χ3n) is 2.93. The molecule has 0 saturated heterocycles. The number of ketones is 1. The van der Waals surface area contributed by atoms with Gasteiger partial charge in [-0.1, -0.05) is 42.5 Å². The molecule has 2 aromatic carbocycles. The van der Waals surface area contributed by atoms with Crippen LogP contribution in [0.15, 0.2) is 54.6 Å². The van der Waals surface area contributed by atoms with Crippen LogP contribution in [0.5, 0.6) is 0 Å². The Bertz CT molecular complexity index is 606. The van der Waals surface area contributed by atoms with Crippen LogP contribution in [0.2, 0.25) is 0 Å². The summed E-state index contributed by atoms with van der Waals surface area (Å²) in [6.45, 7) is 2.00. The first-order valence-electron chi connectivity index (χ1n) is 5.72. The molecule has 1 aliphatic rings. The average molecular weight is 221 g/mol. The number of hydrogen-bond acceptors (Lipinski definition) is 0. The van der Waals surface area contributed by atoms with E-state index in [2.05, 4.69) is 30.3 Å². The normalized spacial score (nSPS) is 15.8. The largest absolute Gasteiger partial charge is 0.361 e. The van der Waals surface area contributed by atoms with Crippen molar-refractivity contribution in [2.24, 2.45) is 0 Å². The monoisotopic (exact) mass is 221 g/mol. The van der Waals surface area contributed by atoms with Crippen molar-refractivity contribution in [3.05, 3.63) is 71.3 Å². The van der Waals surface area contributed by atoms with Gasteiger partial charge < -0.3 is 0 Å². The second kappa shape index (κ2) is 4.02. The first-order chi connectivity index (χ1) is 8.34. The van der Waals surface area contributed by atoms with Gasteiger partial charge in [0.2, 0.25) is 0 Å². The molecule has 0 bridgehead atoms. The lowest BCUT2D eigenvalue weighted by molar-refractivity contribution is -0.134. The maximum atomic E-state index is 5.81. The van der Waals surface area contributed by atoms with Crippen LogP contribution in [0, 0.1) is 0 Å². The lowest BCUT2D eigenvalue weighted by Gasteiger charge is -1.91. The van der Waals surface area contributed by atoms with Gasteiger partial charge in [-0.15, -0.1) is 0 Å². The first-order valence-corrected chi connectivity index (χ1v) is 5.72. The Hall–Kier alpha value is -2.15. The number of rotatable bonds is 1. The Balaban J connectivity index is 2.10. The van der Waals surface area contributed by atoms with E-state index in [1.807, 2.05) is 37.3 Å². The zero-order valence-corrected chi connectivity index (χ0v) is 9.68. The summed E-state index contributed by atoms with van der Waals surface area (Å²) >= 11 is 0. The Morgan fingerprint density at radius 3 is 2.24 bits per heavy atom. The van der Waals surface area contributed by atoms with Crippen LogP contribution >= 0.6 is 0 Å². The highest BCUT2D eigenvalue weighted by atomic mass is 16.4. The minimum atomic E-state index is 0.935. The van der Waals surface area contributed by atoms with Crippen LogP contribution in [0.3, 0.4) is 0 Å². The van der Waals surface area contributed by atoms with Crippen molar-refractivity contribution in [3.8, 4) is 0 Å². The molecule has 0 aromatic heterocycles. The fraction of sp³-hybridized carbons (Fsp3) is 0.0625. The molecule has 0 aliphatic carbocycles. The van der Waals surface area contributed by atoms with E-state index in [0.717, 1.165) is 17.1 Å². The lowest BCUT2D eigenvalue weighted by Crippen LogP contribution is -1.89. The zero-order chi connectivity index (χ0) is 11.7. The van der Waals surface area contributed by atoms with E-state index in [1.54, 1.807) is 0 Å². The van der Waals surface area contributed by atoms with Crippen molar-refractivity contribution < 1.29 is 4.42 Å². The molecule has 0 amide bonds. The highest BCUT2D eigenvalue weighted by Gasteiger charge is 2.29. The summed E-state index contributed by atoms with van der Waals surface area (Å²) in [4.78, 5) is 0. The van der Waals surface area contributed by atoms with Crippen molar-refractivity contribution >= 4 is 17.6 Å². The molecular formula is C16H13O+. The second-order valence-corrected chi connectivity index (χ2v) is 4.12. The SMILES string of the molecule is CC1=[O+]C(=Cc2ccccc2)c2ccccc21. The fourth-order valence-electron chi connectivity index (χ4n) is 2.09. The van der Waals surface area contributed by atoms with Gasteiger partial charge in [-0.2, -0.15) is 0 Å². The van der Waals surface area contributed by atoms with Crippen LogP contribution in [-0.4, -0.2) is 5.78 Å². The van der Waals surface area contributed by atoms with E-state index in [1.165, 1.54) is 11.1 Å². The number of carbonyl (C=O) groups excluding carboxylic acids is 1. The van der Waals surface area contributed by atoms with Gasteiger partial charge in [0.1, 0.15) is 0 Å². The molecule has 0 unspecified atom stereocenters. The molecule has 1 nitrogen and oxygen atoms in total. The van der Waals surface area contributed by atoms with Gasteiger partial charge in [-0.3, -0.25) is 0 Å². The Kier molecular flexibility index (Phi) is 2.37. The second-order valence-electron chi connectivity index (χ2n) is 4.12. The summed E-state index contributed by atoms with van der Waals surface area (Å²) in [6, 6.07) is 18.5. The van der Waals surface area contributed by atoms with E-state index >= 15 is 0 Å². The van der Waals surface area contributed by atoms with E-state index in [0.29, 0.717) is 0 Å². The van der Waals surface area contributed by atoms with Crippen molar-refractivity contribution in [1.29, 1.82) is 0 Å². The Morgan fingerprint density at radius 2 is 1.47 bits per heavy atom. The van der Waals surface area contributed by atoms with Crippen LogP contribution in [-0.2, 0) is 0 Å². The first kappa shape index (κ1) is 10.0. The van der Waals surface area contributed by atoms with Crippen LogP contribution in [0.1, 0.15) is 28.0 Å². The molecule has 1 heteroatoms. The highest BCUT2D eigenvalue weighted by Crippen LogP contribution is 2.29. The third kappa shape index (κ3) is 1.80. The summed E-state index contributed by atoms with van der Waals surface area (Å²) in [7, 11) is 0. The minimum absolute atomic E-state index is 0.935. The van der Waals surface area contributed by atoms with Gasteiger partial charge in [0.15, 0.2) is 0 Å². The average Bonchev–Trinajstić information content (AvgIpc) is 2.69. The van der Waals surface area contributed by atoms with E-state index < -0.39 is 0 Å². The summed E-state index contributed by atoms with van der Waals surface area (Å²) in [5, 5.41) is 0. The molecule has 0 saturated carbocycles. The fourth-order valence-corrected chi connectivity index (χ4v) is 2.09. The summed E-state index contributed by atoms with van der Waals surface area (Å²) in [5.74, 6) is 1.91. The van der Waals surface area contributed by atoms with Crippen LogP contribution in [0.4, 0.5) is 0 Å². The third-order valence-corrected chi connectivity index (χ3v) is 2.93. The van der Waals surface area contributed by atoms with Gasteiger partial charge in [-0.25, -0.2) is 4.42 Å². The maximum absolute atomic E-state index is 5.81. The van der Waals surface area contributed by atoms with Crippen molar-refractivity contribution in [2.45, 2.75) is 6.92 Å². The number of benzene rings is 2. The van der Waals surface area contributed by atoms with Gasteiger partial charge in [0.05, 0.1) is 24.1 Å². The van der Waals surface area contributed by atoms with Crippen molar-refractivity contribution in [1.82, 2.24) is 0 Å². The molecule has 1 heterocycles. The number of hydrogen-bond donors (Lipinski definition) is 0. The quantitative estimate of drug-likeness (QED) is 0.646. The molecule has 0 fully saturated rings. The van der Waals surface area contributed by atoms with Crippen molar-refractivity contribution in [3.63, 3.8) is 0 Å². The highest BCUT2D eigenvalue weighted by molar-refractivity contribution is 6.04. The standard InChI is InChI=1S/C16H13O/c1-12-14-9-5-6-10-15(14)16(17-12)11-13-7-3-2-4-8-13/h2-11H,1H3/q+1. The topological polar surface area (TPSA) is 11.3 Å². The summed E-state index contributed by atoms with van der Waals surface area (Å²) < 4.78 is 5.81. The Labute approximate surface area is 101 Å². The van der Waals surface area contributed by atoms with E-state index in [9.17, 15) is 0 Å². The lowest BCUT2D eigenvalue weighted by atomic mass is 10.0. The maximum Gasteiger partial charge on any atom is 0.361 e. The minimum Gasteiger partial charge on any atom is -0.212 e. The smallest absolute Gasteiger partial charge is 0.212 e. The molecular weight excluding hydrogens is 208 g/mol. The molecule has 0 N–H and O–H groups in total. The molecule has 82 valence electrons. The van der Waals surface area contributed by atoms with Crippen LogP contribution in [0.25, 0.3) is 11.8 Å². The molecule has 0 radical (unpaired) electrons. The molecule has 0 spiro atoms. The molecule has 17 heavy (non-hydrogen) atoms. The molecule has 3 rings (SSSR count). The van der Waals surface area contributed by atoms with E-state index in [-0.39, 0.29) is 0 Å².